The van der Waals surface area contributed by atoms with Crippen molar-refractivity contribution in [3.8, 4) is 6.07 Å². The highest BCUT2D eigenvalue weighted by atomic mass is 19.1. The van der Waals surface area contributed by atoms with Crippen molar-refractivity contribution in [2.45, 2.75) is 18.9 Å². The predicted molar refractivity (Wildman–Crippen MR) is 84.5 cm³/mol. The first-order chi connectivity index (χ1) is 11.0. The molecule has 1 atom stereocenters. The van der Waals surface area contributed by atoms with Crippen LogP contribution in [0.3, 0.4) is 0 Å². The second kappa shape index (κ2) is 8.04. The van der Waals surface area contributed by atoms with E-state index in [-0.39, 0.29) is 23.1 Å². The van der Waals surface area contributed by atoms with Gasteiger partial charge in [0.05, 0.1) is 17.7 Å². The zero-order valence-corrected chi connectivity index (χ0v) is 13.6. The number of nitrogens with zero attached hydrogens (tertiary/aromatic N) is 3. The molecule has 0 bridgehead atoms. The fourth-order valence-corrected chi connectivity index (χ4v) is 2.59. The topological polar surface area (TPSA) is 56.6 Å². The first-order valence-electron chi connectivity index (χ1n) is 7.76. The Kier molecular flexibility index (Phi) is 6.08. The molecule has 1 aromatic carbocycles. The second-order valence-electron chi connectivity index (χ2n) is 6.03. The van der Waals surface area contributed by atoms with Crippen molar-refractivity contribution in [3.05, 3.63) is 35.1 Å². The molecule has 6 heteroatoms. The van der Waals surface area contributed by atoms with Crippen LogP contribution in [0, 0.1) is 17.1 Å². The lowest BCUT2D eigenvalue weighted by atomic mass is 10.1. The first-order valence-corrected chi connectivity index (χ1v) is 7.76. The number of hydrogen-bond acceptors (Lipinski definition) is 4. The van der Waals surface area contributed by atoms with E-state index in [9.17, 15) is 9.18 Å². The normalized spacial score (nSPS) is 17.3. The molecule has 0 radical (unpaired) electrons. The van der Waals surface area contributed by atoms with Gasteiger partial charge in [0.15, 0.2) is 0 Å². The van der Waals surface area contributed by atoms with Crippen LogP contribution >= 0.6 is 0 Å². The number of nitriles is 1. The Morgan fingerprint density at radius 2 is 2.17 bits per heavy atom. The van der Waals surface area contributed by atoms with Crippen LogP contribution in [-0.2, 0) is 4.74 Å². The highest BCUT2D eigenvalue weighted by Gasteiger charge is 2.24. The molecule has 1 aliphatic rings. The summed E-state index contributed by atoms with van der Waals surface area (Å²) in [6.07, 6.45) is 1.96. The highest BCUT2D eigenvalue weighted by molar-refractivity contribution is 5.94. The third kappa shape index (κ3) is 5.02. The Morgan fingerprint density at radius 3 is 2.78 bits per heavy atom. The average molecular weight is 319 g/mol. The fourth-order valence-electron chi connectivity index (χ4n) is 2.59. The van der Waals surface area contributed by atoms with E-state index >= 15 is 0 Å². The van der Waals surface area contributed by atoms with Gasteiger partial charge in [-0.2, -0.15) is 5.26 Å². The van der Waals surface area contributed by atoms with Crippen LogP contribution in [0.25, 0.3) is 0 Å². The summed E-state index contributed by atoms with van der Waals surface area (Å²) in [4.78, 5) is 16.4. The van der Waals surface area contributed by atoms with Gasteiger partial charge in [0.2, 0.25) is 0 Å². The third-order valence-electron chi connectivity index (χ3n) is 3.83. The van der Waals surface area contributed by atoms with Crippen molar-refractivity contribution < 1.29 is 13.9 Å². The molecule has 2 rings (SSSR count). The van der Waals surface area contributed by atoms with Crippen molar-refractivity contribution in [1.29, 1.82) is 5.26 Å². The smallest absolute Gasteiger partial charge is 0.254 e. The molecule has 1 fully saturated rings. The molecule has 0 aliphatic carbocycles. The molecule has 1 unspecified atom stereocenters. The van der Waals surface area contributed by atoms with Crippen LogP contribution in [0.4, 0.5) is 4.39 Å². The number of ether oxygens (including phenoxy) is 1. The van der Waals surface area contributed by atoms with Crippen LogP contribution in [0.15, 0.2) is 18.2 Å². The van der Waals surface area contributed by atoms with Gasteiger partial charge in [0, 0.05) is 31.8 Å². The zero-order chi connectivity index (χ0) is 16.8. The van der Waals surface area contributed by atoms with Gasteiger partial charge in [-0.3, -0.25) is 4.79 Å². The van der Waals surface area contributed by atoms with Crippen molar-refractivity contribution in [1.82, 2.24) is 9.80 Å². The first kappa shape index (κ1) is 17.4. The maximum absolute atomic E-state index is 13.6. The summed E-state index contributed by atoms with van der Waals surface area (Å²) >= 11 is 0. The summed E-state index contributed by atoms with van der Waals surface area (Å²) in [5.41, 5.74) is 0.358. The van der Waals surface area contributed by atoms with E-state index in [1.54, 1.807) is 4.90 Å². The molecule has 1 heterocycles. The maximum Gasteiger partial charge on any atom is 0.254 e. The monoisotopic (exact) mass is 319 g/mol. The molecule has 1 aromatic rings. The summed E-state index contributed by atoms with van der Waals surface area (Å²) in [7, 11) is 3.87. The SMILES string of the molecule is CN(C)CCN(CC1CCCO1)C(=O)c1cc(F)cc(C#N)c1. The lowest BCUT2D eigenvalue weighted by Gasteiger charge is -2.27. The van der Waals surface area contributed by atoms with Gasteiger partial charge in [0.25, 0.3) is 5.91 Å². The molecule has 1 amide bonds. The van der Waals surface area contributed by atoms with Crippen molar-refractivity contribution in [2.75, 3.05) is 40.3 Å². The van der Waals surface area contributed by atoms with Gasteiger partial charge in [-0.25, -0.2) is 4.39 Å². The number of likely N-dealkylation sites (N-methyl/N-ethyl adjacent to an activating group) is 1. The van der Waals surface area contributed by atoms with Crippen LogP contribution in [-0.4, -0.2) is 62.1 Å². The molecular formula is C17H22FN3O2. The highest BCUT2D eigenvalue weighted by Crippen LogP contribution is 2.16. The molecule has 5 nitrogen and oxygen atoms in total. The van der Waals surface area contributed by atoms with Gasteiger partial charge in [-0.1, -0.05) is 0 Å². The number of halogens is 1. The van der Waals surface area contributed by atoms with Crippen molar-refractivity contribution >= 4 is 5.91 Å². The number of carbonyl (C=O) groups is 1. The van der Waals surface area contributed by atoms with Crippen LogP contribution in [0.2, 0.25) is 0 Å². The molecule has 0 aromatic heterocycles. The minimum Gasteiger partial charge on any atom is -0.376 e. The van der Waals surface area contributed by atoms with E-state index < -0.39 is 5.82 Å². The molecule has 1 aliphatic heterocycles. The van der Waals surface area contributed by atoms with Crippen molar-refractivity contribution in [3.63, 3.8) is 0 Å². The number of carbonyl (C=O) groups excluding carboxylic acids is 1. The van der Waals surface area contributed by atoms with Crippen LogP contribution in [0.5, 0.6) is 0 Å². The van der Waals surface area contributed by atoms with E-state index in [1.165, 1.54) is 12.1 Å². The molecule has 0 spiro atoms. The van der Waals surface area contributed by atoms with Gasteiger partial charge >= 0.3 is 0 Å². The predicted octanol–water partition coefficient (Wildman–Crippen LogP) is 1.88. The average Bonchev–Trinajstić information content (AvgIpc) is 3.02. The largest absolute Gasteiger partial charge is 0.376 e. The molecule has 0 saturated carbocycles. The Hall–Kier alpha value is -1.97. The lowest BCUT2D eigenvalue weighted by molar-refractivity contribution is 0.0512. The Labute approximate surface area is 136 Å². The van der Waals surface area contributed by atoms with Gasteiger partial charge < -0.3 is 14.5 Å². The van der Waals surface area contributed by atoms with E-state index in [0.717, 1.165) is 25.5 Å². The van der Waals surface area contributed by atoms with Gasteiger partial charge in [-0.15, -0.1) is 0 Å². The van der Waals surface area contributed by atoms with E-state index in [0.29, 0.717) is 19.6 Å². The summed E-state index contributed by atoms with van der Waals surface area (Å²) in [5.74, 6) is -0.838. The van der Waals surface area contributed by atoms with E-state index in [1.807, 2.05) is 25.1 Å². The Morgan fingerprint density at radius 1 is 1.39 bits per heavy atom. The molecule has 1 saturated heterocycles. The second-order valence-corrected chi connectivity index (χ2v) is 6.03. The molecule has 23 heavy (non-hydrogen) atoms. The Balaban J connectivity index is 2.17. The zero-order valence-electron chi connectivity index (χ0n) is 13.6. The maximum atomic E-state index is 13.6. The molecular weight excluding hydrogens is 297 g/mol. The van der Waals surface area contributed by atoms with Crippen LogP contribution in [0.1, 0.15) is 28.8 Å². The van der Waals surface area contributed by atoms with Crippen molar-refractivity contribution in [2.24, 2.45) is 0 Å². The standard InChI is InChI=1S/C17H22FN3O2/c1-20(2)5-6-21(12-16-4-3-7-23-16)17(22)14-8-13(11-19)9-15(18)10-14/h8-10,16H,3-7,12H2,1-2H3. The number of rotatable bonds is 6. The van der Waals surface area contributed by atoms with Gasteiger partial charge in [0.1, 0.15) is 5.82 Å². The molecule has 124 valence electrons. The summed E-state index contributed by atoms with van der Waals surface area (Å²) in [6.45, 7) is 2.45. The van der Waals surface area contributed by atoms with E-state index in [4.69, 9.17) is 10.00 Å². The Bertz CT molecular complexity index is 592. The number of amides is 1. The summed E-state index contributed by atoms with van der Waals surface area (Å²) in [6, 6.07) is 5.62. The number of benzene rings is 1. The van der Waals surface area contributed by atoms with Gasteiger partial charge in [-0.05, 0) is 45.1 Å². The summed E-state index contributed by atoms with van der Waals surface area (Å²) < 4.78 is 19.2. The molecule has 0 N–H and O–H groups in total. The number of hydrogen-bond donors (Lipinski definition) is 0. The minimum atomic E-state index is -0.572. The van der Waals surface area contributed by atoms with E-state index in [2.05, 4.69) is 0 Å². The van der Waals surface area contributed by atoms with Crippen LogP contribution < -0.4 is 0 Å². The third-order valence-corrected chi connectivity index (χ3v) is 3.83. The summed E-state index contributed by atoms with van der Waals surface area (Å²) in [5, 5.41) is 8.94. The quantitative estimate of drug-likeness (QED) is 0.803. The lowest BCUT2D eigenvalue weighted by Crippen LogP contribution is -2.41. The minimum absolute atomic E-state index is 0.0325. The fraction of sp³-hybridized carbons (Fsp3) is 0.529.